The van der Waals surface area contributed by atoms with Crippen molar-refractivity contribution >= 4 is 45.6 Å². The molecule has 1 aromatic heterocycles. The first-order chi connectivity index (χ1) is 13.5. The molecule has 1 heterocycles. The van der Waals surface area contributed by atoms with Crippen LogP contribution in [0.3, 0.4) is 0 Å². The van der Waals surface area contributed by atoms with Crippen LogP contribution in [0.25, 0.3) is 10.9 Å². The number of rotatable bonds is 6. The van der Waals surface area contributed by atoms with Gasteiger partial charge in [0.2, 0.25) is 5.91 Å². The Morgan fingerprint density at radius 3 is 2.89 bits per heavy atom. The van der Waals surface area contributed by atoms with Crippen LogP contribution in [0.5, 0.6) is 5.75 Å². The van der Waals surface area contributed by atoms with Crippen LogP contribution in [0, 0.1) is 18.2 Å². The number of nitrogens with one attached hydrogen (secondary N) is 2. The first-order valence-electron chi connectivity index (χ1n) is 8.02. The summed E-state index contributed by atoms with van der Waals surface area (Å²) in [5, 5.41) is 6.30. The summed E-state index contributed by atoms with van der Waals surface area (Å²) in [6.45, 7) is 3.45. The van der Waals surface area contributed by atoms with Gasteiger partial charge in [-0.25, -0.2) is 14.4 Å². The molecule has 3 rings (SSSR count). The van der Waals surface area contributed by atoms with E-state index in [1.165, 1.54) is 24.5 Å². The molecular weight excluding hydrogens is 383 g/mol. The molecule has 0 fully saturated rings. The van der Waals surface area contributed by atoms with Gasteiger partial charge in [0, 0.05) is 17.1 Å². The van der Waals surface area contributed by atoms with E-state index in [2.05, 4.69) is 33.1 Å². The molecule has 0 aliphatic heterocycles. The van der Waals surface area contributed by atoms with E-state index in [9.17, 15) is 9.18 Å². The fourth-order valence-electron chi connectivity index (χ4n) is 2.41. The van der Waals surface area contributed by atoms with E-state index >= 15 is 0 Å². The van der Waals surface area contributed by atoms with Crippen LogP contribution in [0.1, 0.15) is 0 Å². The summed E-state index contributed by atoms with van der Waals surface area (Å²) >= 11 is 5.83. The van der Waals surface area contributed by atoms with Crippen LogP contribution in [0.15, 0.2) is 49.3 Å². The van der Waals surface area contributed by atoms with Crippen LogP contribution in [-0.4, -0.2) is 22.5 Å². The SMILES string of the molecule is C#CCOc1cc2ncnc(Nc3ccc(F)c(Cl)c3)c2cc1NC(=O)C=C. The van der Waals surface area contributed by atoms with E-state index in [1.54, 1.807) is 12.1 Å². The predicted molar refractivity (Wildman–Crippen MR) is 107 cm³/mol. The lowest BCUT2D eigenvalue weighted by Crippen LogP contribution is -2.10. The number of aromatic nitrogens is 2. The lowest BCUT2D eigenvalue weighted by atomic mass is 10.1. The van der Waals surface area contributed by atoms with Gasteiger partial charge >= 0.3 is 0 Å². The normalized spacial score (nSPS) is 10.2. The van der Waals surface area contributed by atoms with Gasteiger partial charge in [-0.1, -0.05) is 24.1 Å². The Morgan fingerprint density at radius 2 is 2.18 bits per heavy atom. The zero-order chi connectivity index (χ0) is 20.1. The summed E-state index contributed by atoms with van der Waals surface area (Å²) in [7, 11) is 0. The number of amides is 1. The molecule has 0 unspecified atom stereocenters. The van der Waals surface area contributed by atoms with Gasteiger partial charge in [0.15, 0.2) is 0 Å². The maximum Gasteiger partial charge on any atom is 0.247 e. The predicted octanol–water partition coefficient (Wildman–Crippen LogP) is 4.30. The summed E-state index contributed by atoms with van der Waals surface area (Å²) in [4.78, 5) is 20.2. The molecule has 8 heteroatoms. The third-order valence-electron chi connectivity index (χ3n) is 3.67. The third-order valence-corrected chi connectivity index (χ3v) is 3.96. The molecule has 6 nitrogen and oxygen atoms in total. The van der Waals surface area contributed by atoms with Gasteiger partial charge in [0.05, 0.1) is 16.2 Å². The second-order valence-electron chi connectivity index (χ2n) is 5.53. The van der Waals surface area contributed by atoms with Gasteiger partial charge in [-0.3, -0.25) is 4.79 Å². The molecule has 28 heavy (non-hydrogen) atoms. The fourth-order valence-corrected chi connectivity index (χ4v) is 2.59. The molecular formula is C20H14ClFN4O2. The molecule has 1 amide bonds. The molecule has 140 valence electrons. The largest absolute Gasteiger partial charge is 0.479 e. The molecule has 0 bridgehead atoms. The number of hydrogen-bond acceptors (Lipinski definition) is 5. The number of ether oxygens (including phenoxy) is 1. The Morgan fingerprint density at radius 1 is 1.36 bits per heavy atom. The molecule has 2 N–H and O–H groups in total. The van der Waals surface area contributed by atoms with Crippen molar-refractivity contribution in [1.29, 1.82) is 0 Å². The van der Waals surface area contributed by atoms with E-state index < -0.39 is 11.7 Å². The van der Waals surface area contributed by atoms with Gasteiger partial charge < -0.3 is 15.4 Å². The highest BCUT2D eigenvalue weighted by atomic mass is 35.5. The lowest BCUT2D eigenvalue weighted by Gasteiger charge is -2.14. The van der Waals surface area contributed by atoms with Crippen LogP contribution in [-0.2, 0) is 4.79 Å². The molecule has 0 aliphatic carbocycles. The van der Waals surface area contributed by atoms with Crippen molar-refractivity contribution in [2.24, 2.45) is 0 Å². The third kappa shape index (κ3) is 4.19. The highest BCUT2D eigenvalue weighted by Crippen LogP contribution is 2.33. The lowest BCUT2D eigenvalue weighted by molar-refractivity contribution is -0.111. The minimum absolute atomic E-state index is 0.0206. The quantitative estimate of drug-likeness (QED) is 0.480. The average Bonchev–Trinajstić information content (AvgIpc) is 2.69. The molecule has 3 aromatic rings. The topological polar surface area (TPSA) is 76.1 Å². The zero-order valence-electron chi connectivity index (χ0n) is 14.5. The van der Waals surface area contributed by atoms with Crippen LogP contribution < -0.4 is 15.4 Å². The number of halogens is 2. The van der Waals surface area contributed by atoms with Crippen molar-refractivity contribution < 1.29 is 13.9 Å². The number of nitrogens with zero attached hydrogens (tertiary/aromatic N) is 2. The second-order valence-corrected chi connectivity index (χ2v) is 5.94. The molecule has 0 aliphatic rings. The number of hydrogen-bond donors (Lipinski definition) is 2. The number of terminal acetylenes is 1. The monoisotopic (exact) mass is 396 g/mol. The Balaban J connectivity index is 2.07. The number of fused-ring (bicyclic) bond motifs is 1. The van der Waals surface area contributed by atoms with Crippen molar-refractivity contribution in [3.63, 3.8) is 0 Å². The van der Waals surface area contributed by atoms with Crippen LogP contribution in [0.4, 0.5) is 21.6 Å². The van der Waals surface area contributed by atoms with Gasteiger partial charge in [0.25, 0.3) is 0 Å². The molecule has 2 aromatic carbocycles. The van der Waals surface area contributed by atoms with Crippen molar-refractivity contribution in [3.8, 4) is 18.1 Å². The summed E-state index contributed by atoms with van der Waals surface area (Å²) in [5.41, 5.74) is 1.47. The van der Waals surface area contributed by atoms with E-state index in [0.717, 1.165) is 6.08 Å². The van der Waals surface area contributed by atoms with E-state index in [-0.39, 0.29) is 11.6 Å². The minimum Gasteiger partial charge on any atom is -0.479 e. The number of anilines is 3. The van der Waals surface area contributed by atoms with E-state index in [0.29, 0.717) is 33.8 Å². The highest BCUT2D eigenvalue weighted by molar-refractivity contribution is 6.31. The van der Waals surface area contributed by atoms with Crippen molar-refractivity contribution in [2.45, 2.75) is 0 Å². The second kappa shape index (κ2) is 8.37. The number of carbonyl (C=O) groups is 1. The number of benzene rings is 2. The van der Waals surface area contributed by atoms with Gasteiger partial charge in [-0.15, -0.1) is 6.42 Å². The van der Waals surface area contributed by atoms with Crippen molar-refractivity contribution in [2.75, 3.05) is 17.2 Å². The Bertz CT molecular complexity index is 1110. The minimum atomic E-state index is -0.524. The molecule has 0 saturated heterocycles. The van der Waals surface area contributed by atoms with Crippen LogP contribution in [0.2, 0.25) is 5.02 Å². The summed E-state index contributed by atoms with van der Waals surface area (Å²) in [5.74, 6) is 2.22. The van der Waals surface area contributed by atoms with Crippen LogP contribution >= 0.6 is 11.6 Å². The Labute approximate surface area is 165 Å². The molecule has 0 atom stereocenters. The summed E-state index contributed by atoms with van der Waals surface area (Å²) in [6, 6.07) is 7.50. The summed E-state index contributed by atoms with van der Waals surface area (Å²) < 4.78 is 18.9. The molecule has 0 radical (unpaired) electrons. The highest BCUT2D eigenvalue weighted by Gasteiger charge is 2.13. The molecule has 0 saturated carbocycles. The Hall–Kier alpha value is -3.63. The van der Waals surface area contributed by atoms with E-state index in [1.807, 2.05) is 0 Å². The average molecular weight is 397 g/mol. The fraction of sp³-hybridized carbons (Fsp3) is 0.0500. The zero-order valence-corrected chi connectivity index (χ0v) is 15.3. The first kappa shape index (κ1) is 19.1. The summed E-state index contributed by atoms with van der Waals surface area (Å²) in [6.07, 6.45) is 7.75. The maximum atomic E-state index is 13.4. The van der Waals surface area contributed by atoms with Gasteiger partial charge in [-0.2, -0.15) is 0 Å². The number of carbonyl (C=O) groups excluding carboxylic acids is 1. The molecule has 0 spiro atoms. The Kier molecular flexibility index (Phi) is 5.72. The standard InChI is InChI=1S/C20H14ClFN4O2/c1-3-7-28-18-10-16-13(9-17(18)26-19(27)4-2)20(24-11-23-16)25-12-5-6-15(22)14(21)8-12/h1,4-6,8-11H,2,7H2,(H,26,27)(H,23,24,25). The first-order valence-corrected chi connectivity index (χ1v) is 8.40. The van der Waals surface area contributed by atoms with Crippen molar-refractivity contribution in [1.82, 2.24) is 9.97 Å². The van der Waals surface area contributed by atoms with Gasteiger partial charge in [-0.05, 0) is 30.3 Å². The van der Waals surface area contributed by atoms with E-state index in [4.69, 9.17) is 22.8 Å². The van der Waals surface area contributed by atoms with Gasteiger partial charge in [0.1, 0.15) is 30.3 Å². The van der Waals surface area contributed by atoms with Crippen molar-refractivity contribution in [3.05, 3.63) is 60.2 Å². The maximum absolute atomic E-state index is 13.4. The smallest absolute Gasteiger partial charge is 0.247 e.